The molecule has 7 heteroatoms. The molecule has 0 atom stereocenters. The Bertz CT molecular complexity index is 372. The van der Waals surface area contributed by atoms with Crippen LogP contribution in [-0.4, -0.2) is 35.2 Å². The molecule has 0 aliphatic heterocycles. The number of halogens is 1. The Hall–Kier alpha value is -1.40. The molecule has 0 bridgehead atoms. The van der Waals surface area contributed by atoms with Gasteiger partial charge in [-0.05, 0) is 6.07 Å². The summed E-state index contributed by atoms with van der Waals surface area (Å²) in [6.45, 7) is 0.149. The first kappa shape index (κ1) is 11.7. The van der Waals surface area contributed by atoms with Gasteiger partial charge in [-0.15, -0.1) is 0 Å². The fourth-order valence-electron chi connectivity index (χ4n) is 1.10. The van der Waals surface area contributed by atoms with Crippen LogP contribution in [0.2, 0.25) is 5.15 Å². The molecule has 0 aromatic carbocycles. The number of hydrogen-bond acceptors (Lipinski definition) is 5. The van der Waals surface area contributed by atoms with Crippen molar-refractivity contribution in [2.45, 2.75) is 0 Å². The highest BCUT2D eigenvalue weighted by Crippen LogP contribution is 2.26. The second kappa shape index (κ2) is 4.90. The van der Waals surface area contributed by atoms with Crippen LogP contribution in [0.4, 0.5) is 11.5 Å². The van der Waals surface area contributed by atoms with Crippen LogP contribution in [0.15, 0.2) is 12.1 Å². The van der Waals surface area contributed by atoms with E-state index >= 15 is 0 Å². The van der Waals surface area contributed by atoms with Crippen molar-refractivity contribution in [2.24, 2.45) is 0 Å². The number of hydrogen-bond donors (Lipinski definition) is 1. The van der Waals surface area contributed by atoms with Crippen molar-refractivity contribution >= 4 is 23.1 Å². The topological polar surface area (TPSA) is 79.5 Å². The maximum Gasteiger partial charge on any atom is 0.311 e. The number of anilines is 1. The van der Waals surface area contributed by atoms with Gasteiger partial charge in [0.2, 0.25) is 5.82 Å². The third-order valence-corrected chi connectivity index (χ3v) is 2.02. The van der Waals surface area contributed by atoms with Gasteiger partial charge in [0.15, 0.2) is 0 Å². The first-order valence-corrected chi connectivity index (χ1v) is 4.57. The van der Waals surface area contributed by atoms with E-state index < -0.39 is 4.92 Å². The van der Waals surface area contributed by atoms with Crippen molar-refractivity contribution in [3.05, 3.63) is 27.4 Å². The van der Waals surface area contributed by atoms with Crippen molar-refractivity contribution in [2.75, 3.05) is 25.1 Å². The highest BCUT2D eigenvalue weighted by Gasteiger charge is 2.18. The minimum atomic E-state index is -0.535. The van der Waals surface area contributed by atoms with E-state index in [0.29, 0.717) is 0 Å². The fourth-order valence-corrected chi connectivity index (χ4v) is 1.24. The molecule has 0 unspecified atom stereocenters. The van der Waals surface area contributed by atoms with E-state index in [4.69, 9.17) is 16.7 Å². The summed E-state index contributed by atoms with van der Waals surface area (Å²) in [4.78, 5) is 15.5. The summed E-state index contributed by atoms with van der Waals surface area (Å²) >= 11 is 5.64. The van der Waals surface area contributed by atoms with Crippen LogP contribution in [-0.2, 0) is 0 Å². The normalized spacial score (nSPS) is 10.1. The summed E-state index contributed by atoms with van der Waals surface area (Å²) in [5.74, 6) is 0.154. The van der Waals surface area contributed by atoms with Crippen LogP contribution in [0, 0.1) is 10.1 Å². The smallest absolute Gasteiger partial charge is 0.311 e. The first-order valence-electron chi connectivity index (χ1n) is 4.19. The van der Waals surface area contributed by atoms with Gasteiger partial charge >= 0.3 is 5.69 Å². The summed E-state index contributed by atoms with van der Waals surface area (Å²) in [5.41, 5.74) is -0.129. The van der Waals surface area contributed by atoms with Crippen LogP contribution in [0.1, 0.15) is 0 Å². The van der Waals surface area contributed by atoms with Crippen molar-refractivity contribution in [3.8, 4) is 0 Å². The highest BCUT2D eigenvalue weighted by molar-refractivity contribution is 6.29. The van der Waals surface area contributed by atoms with Gasteiger partial charge < -0.3 is 10.0 Å². The lowest BCUT2D eigenvalue weighted by Crippen LogP contribution is -2.23. The SMILES string of the molecule is CN(CCO)c1nc(Cl)ccc1[N+](=O)[O-]. The van der Waals surface area contributed by atoms with E-state index in [9.17, 15) is 10.1 Å². The Balaban J connectivity index is 3.12. The predicted molar refractivity (Wildman–Crippen MR) is 56.3 cm³/mol. The summed E-state index contributed by atoms with van der Waals surface area (Å²) in [7, 11) is 1.60. The second-order valence-corrected chi connectivity index (χ2v) is 3.27. The molecule has 1 aromatic heterocycles. The number of aliphatic hydroxyl groups is 1. The van der Waals surface area contributed by atoms with E-state index in [1.54, 1.807) is 7.05 Å². The number of aromatic nitrogens is 1. The molecule has 0 amide bonds. The van der Waals surface area contributed by atoms with Crippen LogP contribution >= 0.6 is 11.6 Å². The van der Waals surface area contributed by atoms with Crippen molar-refractivity contribution in [1.82, 2.24) is 4.98 Å². The molecular formula is C8H10ClN3O3. The molecule has 6 nitrogen and oxygen atoms in total. The number of aliphatic hydroxyl groups excluding tert-OH is 1. The molecule has 0 aliphatic rings. The summed E-state index contributed by atoms with van der Waals surface area (Å²) in [5, 5.41) is 19.6. The second-order valence-electron chi connectivity index (χ2n) is 2.88. The largest absolute Gasteiger partial charge is 0.395 e. The molecule has 82 valence electrons. The van der Waals surface area contributed by atoms with E-state index in [-0.39, 0.29) is 29.8 Å². The molecule has 0 radical (unpaired) electrons. The zero-order valence-corrected chi connectivity index (χ0v) is 8.81. The minimum Gasteiger partial charge on any atom is -0.395 e. The number of likely N-dealkylation sites (N-methyl/N-ethyl adjacent to an activating group) is 1. The lowest BCUT2D eigenvalue weighted by Gasteiger charge is -2.16. The van der Waals surface area contributed by atoms with E-state index in [1.807, 2.05) is 0 Å². The molecule has 0 spiro atoms. The third kappa shape index (κ3) is 2.77. The monoisotopic (exact) mass is 231 g/mol. The lowest BCUT2D eigenvalue weighted by molar-refractivity contribution is -0.384. The maximum absolute atomic E-state index is 10.7. The fraction of sp³-hybridized carbons (Fsp3) is 0.375. The Morgan fingerprint density at radius 1 is 1.67 bits per heavy atom. The average molecular weight is 232 g/mol. The van der Waals surface area contributed by atoms with Crippen LogP contribution < -0.4 is 4.90 Å². The molecule has 0 saturated heterocycles. The molecule has 1 rings (SSSR count). The van der Waals surface area contributed by atoms with E-state index in [2.05, 4.69) is 4.98 Å². The summed E-state index contributed by atoms with van der Waals surface area (Å²) in [6, 6.07) is 2.65. The standard InChI is InChI=1S/C8H10ClN3O3/c1-11(4-5-13)8-6(12(14)15)2-3-7(9)10-8/h2-3,13H,4-5H2,1H3. The highest BCUT2D eigenvalue weighted by atomic mass is 35.5. The molecule has 1 heterocycles. The number of nitro groups is 1. The molecule has 15 heavy (non-hydrogen) atoms. The van der Waals surface area contributed by atoms with Crippen LogP contribution in [0.3, 0.4) is 0 Å². The Morgan fingerprint density at radius 2 is 2.33 bits per heavy atom. The Kier molecular flexibility index (Phi) is 3.81. The quantitative estimate of drug-likeness (QED) is 0.476. The molecule has 0 saturated carbocycles. The summed E-state index contributed by atoms with van der Waals surface area (Å²) < 4.78 is 0. The maximum atomic E-state index is 10.7. The van der Waals surface area contributed by atoms with Gasteiger partial charge in [0.05, 0.1) is 11.5 Å². The van der Waals surface area contributed by atoms with Crippen molar-refractivity contribution < 1.29 is 10.0 Å². The van der Waals surface area contributed by atoms with Gasteiger partial charge in [0.25, 0.3) is 0 Å². The van der Waals surface area contributed by atoms with Gasteiger partial charge in [0, 0.05) is 19.7 Å². The van der Waals surface area contributed by atoms with Crippen LogP contribution in [0.25, 0.3) is 0 Å². The van der Waals surface area contributed by atoms with Crippen LogP contribution in [0.5, 0.6) is 0 Å². The van der Waals surface area contributed by atoms with Gasteiger partial charge in [-0.25, -0.2) is 4.98 Å². The zero-order chi connectivity index (χ0) is 11.4. The number of nitrogens with zero attached hydrogens (tertiary/aromatic N) is 3. The molecule has 1 aromatic rings. The molecule has 0 aliphatic carbocycles. The van der Waals surface area contributed by atoms with Gasteiger partial charge in [0.1, 0.15) is 5.15 Å². The van der Waals surface area contributed by atoms with Crippen molar-refractivity contribution in [3.63, 3.8) is 0 Å². The predicted octanol–water partition coefficient (Wildman–Crippen LogP) is 1.07. The molecule has 0 fully saturated rings. The van der Waals surface area contributed by atoms with Crippen molar-refractivity contribution in [1.29, 1.82) is 0 Å². The number of pyridine rings is 1. The van der Waals surface area contributed by atoms with Gasteiger partial charge in [-0.2, -0.15) is 0 Å². The third-order valence-electron chi connectivity index (χ3n) is 1.81. The average Bonchev–Trinajstić information content (AvgIpc) is 2.17. The molecular weight excluding hydrogens is 222 g/mol. The Morgan fingerprint density at radius 3 is 2.87 bits per heavy atom. The molecule has 1 N–H and O–H groups in total. The lowest BCUT2D eigenvalue weighted by atomic mass is 10.3. The van der Waals surface area contributed by atoms with Gasteiger partial charge in [-0.1, -0.05) is 11.6 Å². The first-order chi connectivity index (χ1) is 7.06. The van der Waals surface area contributed by atoms with E-state index in [1.165, 1.54) is 17.0 Å². The summed E-state index contributed by atoms with van der Waals surface area (Å²) in [6.07, 6.45) is 0. The Labute approximate surface area is 91.3 Å². The van der Waals surface area contributed by atoms with Gasteiger partial charge in [-0.3, -0.25) is 10.1 Å². The minimum absolute atomic E-state index is 0.109. The zero-order valence-electron chi connectivity index (χ0n) is 8.05. The number of rotatable bonds is 4. The van der Waals surface area contributed by atoms with E-state index in [0.717, 1.165) is 0 Å².